The highest BCUT2D eigenvalue weighted by molar-refractivity contribution is 7.89. The van der Waals surface area contributed by atoms with E-state index in [0.29, 0.717) is 30.3 Å². The van der Waals surface area contributed by atoms with Gasteiger partial charge in [0.05, 0.1) is 11.5 Å². The Balaban J connectivity index is 2.28. The summed E-state index contributed by atoms with van der Waals surface area (Å²) in [6.45, 7) is 4.10. The SMILES string of the molecule is CCCOc1ccc(S(=O)(=O)N2CCCC2)cc1CN. The Bertz CT molecular complexity index is 552. The summed E-state index contributed by atoms with van der Waals surface area (Å²) in [7, 11) is -3.39. The molecular weight excluding hydrogens is 276 g/mol. The Morgan fingerprint density at radius 3 is 2.60 bits per heavy atom. The van der Waals surface area contributed by atoms with E-state index >= 15 is 0 Å². The van der Waals surface area contributed by atoms with Gasteiger partial charge in [0.15, 0.2) is 0 Å². The molecule has 0 atom stereocenters. The number of hydrogen-bond acceptors (Lipinski definition) is 4. The summed E-state index contributed by atoms with van der Waals surface area (Å²) in [5.41, 5.74) is 6.43. The van der Waals surface area contributed by atoms with Crippen molar-refractivity contribution in [2.45, 2.75) is 37.6 Å². The fraction of sp³-hybridized carbons (Fsp3) is 0.571. The number of hydrogen-bond donors (Lipinski definition) is 1. The molecule has 0 spiro atoms. The summed E-state index contributed by atoms with van der Waals surface area (Å²) in [5, 5.41) is 0. The molecule has 2 N–H and O–H groups in total. The van der Waals surface area contributed by atoms with E-state index in [1.807, 2.05) is 6.92 Å². The van der Waals surface area contributed by atoms with Gasteiger partial charge in [0.1, 0.15) is 5.75 Å². The second-order valence-electron chi connectivity index (χ2n) is 4.93. The lowest BCUT2D eigenvalue weighted by Gasteiger charge is -2.17. The third-order valence-corrected chi connectivity index (χ3v) is 5.31. The molecule has 6 heteroatoms. The van der Waals surface area contributed by atoms with Gasteiger partial charge in [0, 0.05) is 25.2 Å². The zero-order valence-corrected chi connectivity index (χ0v) is 12.7. The van der Waals surface area contributed by atoms with E-state index in [0.717, 1.165) is 24.8 Å². The molecule has 1 fully saturated rings. The number of nitrogens with two attached hydrogens (primary N) is 1. The highest BCUT2D eigenvalue weighted by Crippen LogP contribution is 2.26. The van der Waals surface area contributed by atoms with E-state index in [1.165, 1.54) is 4.31 Å². The molecule has 0 saturated carbocycles. The zero-order valence-electron chi connectivity index (χ0n) is 11.8. The standard InChI is InChI=1S/C14H22N2O3S/c1-2-9-19-14-6-5-13(10-12(14)11-15)20(17,18)16-7-3-4-8-16/h5-6,10H,2-4,7-9,11,15H2,1H3. The van der Waals surface area contributed by atoms with Crippen LogP contribution in [-0.2, 0) is 16.6 Å². The van der Waals surface area contributed by atoms with Gasteiger partial charge in [0.25, 0.3) is 0 Å². The smallest absolute Gasteiger partial charge is 0.243 e. The first-order valence-electron chi connectivity index (χ1n) is 7.05. The number of ether oxygens (including phenoxy) is 1. The molecule has 0 unspecified atom stereocenters. The minimum Gasteiger partial charge on any atom is -0.493 e. The monoisotopic (exact) mass is 298 g/mol. The fourth-order valence-corrected chi connectivity index (χ4v) is 3.87. The van der Waals surface area contributed by atoms with Gasteiger partial charge in [-0.15, -0.1) is 0 Å². The molecule has 5 nitrogen and oxygen atoms in total. The van der Waals surface area contributed by atoms with Gasteiger partial charge in [-0.3, -0.25) is 0 Å². The van der Waals surface area contributed by atoms with Crippen molar-refractivity contribution >= 4 is 10.0 Å². The second kappa shape index (κ2) is 6.56. The van der Waals surface area contributed by atoms with Crippen LogP contribution in [0.2, 0.25) is 0 Å². The van der Waals surface area contributed by atoms with Crippen molar-refractivity contribution in [1.29, 1.82) is 0 Å². The molecule has 112 valence electrons. The van der Waals surface area contributed by atoms with Gasteiger partial charge in [-0.2, -0.15) is 4.31 Å². The number of sulfonamides is 1. The maximum atomic E-state index is 12.5. The Morgan fingerprint density at radius 1 is 1.30 bits per heavy atom. The molecule has 1 saturated heterocycles. The van der Waals surface area contributed by atoms with Gasteiger partial charge >= 0.3 is 0 Å². The van der Waals surface area contributed by atoms with Crippen molar-refractivity contribution in [3.63, 3.8) is 0 Å². The van der Waals surface area contributed by atoms with Crippen LogP contribution in [0.3, 0.4) is 0 Å². The molecule has 1 aromatic rings. The zero-order chi connectivity index (χ0) is 14.6. The van der Waals surface area contributed by atoms with Crippen LogP contribution in [0.4, 0.5) is 0 Å². The average molecular weight is 298 g/mol. The molecule has 1 aliphatic rings. The highest BCUT2D eigenvalue weighted by atomic mass is 32.2. The van der Waals surface area contributed by atoms with Crippen molar-refractivity contribution in [2.24, 2.45) is 5.73 Å². The Kier molecular flexibility index (Phi) is 5.01. The van der Waals surface area contributed by atoms with Crippen LogP contribution in [0.25, 0.3) is 0 Å². The maximum absolute atomic E-state index is 12.5. The first-order chi connectivity index (χ1) is 9.59. The van der Waals surface area contributed by atoms with E-state index in [-0.39, 0.29) is 6.54 Å². The summed E-state index contributed by atoms with van der Waals surface area (Å²) in [6, 6.07) is 4.96. The quantitative estimate of drug-likeness (QED) is 0.868. The molecule has 2 rings (SSSR count). The molecule has 0 amide bonds. The Hall–Kier alpha value is -1.11. The summed E-state index contributed by atoms with van der Waals surface area (Å²) in [5.74, 6) is 0.676. The molecule has 20 heavy (non-hydrogen) atoms. The first kappa shape index (κ1) is 15.3. The minimum atomic E-state index is -3.39. The summed E-state index contributed by atoms with van der Waals surface area (Å²) in [6.07, 6.45) is 2.76. The second-order valence-corrected chi connectivity index (χ2v) is 6.87. The Morgan fingerprint density at radius 2 is 2.00 bits per heavy atom. The van der Waals surface area contributed by atoms with Crippen LogP contribution in [0.15, 0.2) is 23.1 Å². The summed E-state index contributed by atoms with van der Waals surface area (Å²) >= 11 is 0. The molecule has 0 radical (unpaired) electrons. The van der Waals surface area contributed by atoms with Crippen LogP contribution in [-0.4, -0.2) is 32.4 Å². The predicted octanol–water partition coefficient (Wildman–Crippen LogP) is 1.72. The normalized spacial score (nSPS) is 16.5. The molecule has 1 aromatic carbocycles. The van der Waals surface area contributed by atoms with E-state index in [4.69, 9.17) is 10.5 Å². The molecule has 0 aliphatic carbocycles. The van der Waals surface area contributed by atoms with E-state index in [9.17, 15) is 8.42 Å². The largest absolute Gasteiger partial charge is 0.493 e. The van der Waals surface area contributed by atoms with Crippen LogP contribution in [0, 0.1) is 0 Å². The molecule has 0 bridgehead atoms. The van der Waals surface area contributed by atoms with Crippen molar-refractivity contribution in [2.75, 3.05) is 19.7 Å². The average Bonchev–Trinajstić information content (AvgIpc) is 2.99. The third-order valence-electron chi connectivity index (χ3n) is 3.42. The number of benzene rings is 1. The van der Waals surface area contributed by atoms with Crippen LogP contribution < -0.4 is 10.5 Å². The van der Waals surface area contributed by atoms with Crippen molar-refractivity contribution in [3.8, 4) is 5.75 Å². The lowest BCUT2D eigenvalue weighted by atomic mass is 10.2. The predicted molar refractivity (Wildman–Crippen MR) is 78.1 cm³/mol. The third kappa shape index (κ3) is 3.13. The summed E-state index contributed by atoms with van der Waals surface area (Å²) in [4.78, 5) is 0.309. The Labute approximate surface area is 120 Å². The molecule has 1 aliphatic heterocycles. The van der Waals surface area contributed by atoms with Crippen molar-refractivity contribution in [1.82, 2.24) is 4.31 Å². The first-order valence-corrected chi connectivity index (χ1v) is 8.49. The van der Waals surface area contributed by atoms with Crippen molar-refractivity contribution < 1.29 is 13.2 Å². The number of nitrogens with zero attached hydrogens (tertiary/aromatic N) is 1. The van der Waals surface area contributed by atoms with Gasteiger partial charge in [-0.05, 0) is 37.5 Å². The summed E-state index contributed by atoms with van der Waals surface area (Å²) < 4.78 is 32.1. The lowest BCUT2D eigenvalue weighted by Crippen LogP contribution is -2.28. The topological polar surface area (TPSA) is 72.6 Å². The minimum absolute atomic E-state index is 0.266. The van der Waals surface area contributed by atoms with Gasteiger partial charge in [0.2, 0.25) is 10.0 Å². The van der Waals surface area contributed by atoms with E-state index in [2.05, 4.69) is 0 Å². The highest BCUT2D eigenvalue weighted by Gasteiger charge is 2.27. The molecule has 1 heterocycles. The maximum Gasteiger partial charge on any atom is 0.243 e. The van der Waals surface area contributed by atoms with Crippen LogP contribution >= 0.6 is 0 Å². The van der Waals surface area contributed by atoms with E-state index < -0.39 is 10.0 Å². The van der Waals surface area contributed by atoms with Crippen LogP contribution in [0.5, 0.6) is 5.75 Å². The van der Waals surface area contributed by atoms with Crippen LogP contribution in [0.1, 0.15) is 31.7 Å². The molecular formula is C14H22N2O3S. The van der Waals surface area contributed by atoms with Gasteiger partial charge in [-0.25, -0.2) is 8.42 Å². The van der Waals surface area contributed by atoms with Gasteiger partial charge < -0.3 is 10.5 Å². The fourth-order valence-electron chi connectivity index (χ4n) is 2.31. The van der Waals surface area contributed by atoms with E-state index in [1.54, 1.807) is 18.2 Å². The van der Waals surface area contributed by atoms with Crippen molar-refractivity contribution in [3.05, 3.63) is 23.8 Å². The lowest BCUT2D eigenvalue weighted by molar-refractivity contribution is 0.314. The number of rotatable bonds is 6. The molecule has 0 aromatic heterocycles. The van der Waals surface area contributed by atoms with Gasteiger partial charge in [-0.1, -0.05) is 6.92 Å².